The molecule has 3 aromatic carbocycles. The Kier molecular flexibility index (Phi) is 4.65. The van der Waals surface area contributed by atoms with E-state index in [1.165, 1.54) is 10.6 Å². The predicted molar refractivity (Wildman–Crippen MR) is 108 cm³/mol. The standard InChI is InChI=1S/C23H19FN2O2/c1-15-10-11-20-18(14-15)23(28)26(13-12-16-6-2-4-8-19(16)24)22(25-20)17-7-3-5-9-21(17)27/h2-11,14,27H,12-13H2,1H3. The molecule has 1 heterocycles. The second-order valence-corrected chi connectivity index (χ2v) is 6.77. The Morgan fingerprint density at radius 1 is 1.04 bits per heavy atom. The largest absolute Gasteiger partial charge is 0.507 e. The first kappa shape index (κ1) is 17.9. The zero-order valence-electron chi connectivity index (χ0n) is 15.4. The van der Waals surface area contributed by atoms with E-state index < -0.39 is 0 Å². The van der Waals surface area contributed by atoms with Gasteiger partial charge in [-0.1, -0.05) is 42.0 Å². The van der Waals surface area contributed by atoms with Gasteiger partial charge in [0.25, 0.3) is 5.56 Å². The molecule has 28 heavy (non-hydrogen) atoms. The van der Waals surface area contributed by atoms with Crippen LogP contribution in [0, 0.1) is 12.7 Å². The summed E-state index contributed by atoms with van der Waals surface area (Å²) < 4.78 is 15.6. The zero-order valence-corrected chi connectivity index (χ0v) is 15.4. The van der Waals surface area contributed by atoms with E-state index in [2.05, 4.69) is 4.98 Å². The lowest BCUT2D eigenvalue weighted by molar-refractivity contribution is 0.476. The molecular formula is C23H19FN2O2. The average Bonchev–Trinajstić information content (AvgIpc) is 2.69. The smallest absolute Gasteiger partial charge is 0.261 e. The van der Waals surface area contributed by atoms with Crippen molar-refractivity contribution in [1.82, 2.24) is 9.55 Å². The molecule has 0 saturated carbocycles. The number of phenols is 1. The van der Waals surface area contributed by atoms with Crippen LogP contribution in [0.4, 0.5) is 4.39 Å². The first-order chi connectivity index (χ1) is 13.5. The fourth-order valence-electron chi connectivity index (χ4n) is 3.34. The quantitative estimate of drug-likeness (QED) is 0.574. The predicted octanol–water partition coefficient (Wildman–Crippen LogP) is 4.46. The minimum Gasteiger partial charge on any atom is -0.507 e. The highest BCUT2D eigenvalue weighted by atomic mass is 19.1. The molecule has 4 aromatic rings. The highest BCUT2D eigenvalue weighted by Gasteiger charge is 2.16. The number of phenolic OH excluding ortho intramolecular Hbond substituents is 1. The molecule has 140 valence electrons. The Morgan fingerprint density at radius 3 is 2.57 bits per heavy atom. The molecule has 0 radical (unpaired) electrons. The van der Waals surface area contributed by atoms with Gasteiger partial charge in [-0.05, 0) is 49.2 Å². The summed E-state index contributed by atoms with van der Waals surface area (Å²) in [5, 5.41) is 10.8. The molecule has 0 aliphatic rings. The van der Waals surface area contributed by atoms with Gasteiger partial charge in [0, 0.05) is 6.54 Å². The number of fused-ring (bicyclic) bond motifs is 1. The lowest BCUT2D eigenvalue weighted by Crippen LogP contribution is -2.24. The van der Waals surface area contributed by atoms with Crippen LogP contribution in [0.5, 0.6) is 5.75 Å². The van der Waals surface area contributed by atoms with Gasteiger partial charge in [0.15, 0.2) is 0 Å². The molecule has 0 bridgehead atoms. The van der Waals surface area contributed by atoms with Gasteiger partial charge in [0.1, 0.15) is 17.4 Å². The van der Waals surface area contributed by atoms with E-state index in [1.54, 1.807) is 54.6 Å². The number of para-hydroxylation sites is 1. The van der Waals surface area contributed by atoms with E-state index in [1.807, 2.05) is 13.0 Å². The van der Waals surface area contributed by atoms with Gasteiger partial charge >= 0.3 is 0 Å². The summed E-state index contributed by atoms with van der Waals surface area (Å²) in [5.41, 5.74) is 2.32. The summed E-state index contributed by atoms with van der Waals surface area (Å²) in [6.45, 7) is 2.17. The van der Waals surface area contributed by atoms with Crippen LogP contribution in [0.3, 0.4) is 0 Å². The summed E-state index contributed by atoms with van der Waals surface area (Å²) in [6, 6.07) is 18.8. The number of nitrogens with zero attached hydrogens (tertiary/aromatic N) is 2. The van der Waals surface area contributed by atoms with Crippen LogP contribution in [0.1, 0.15) is 11.1 Å². The summed E-state index contributed by atoms with van der Waals surface area (Å²) in [5.74, 6) is 0.112. The van der Waals surface area contributed by atoms with Crippen LogP contribution in [0.2, 0.25) is 0 Å². The molecule has 0 unspecified atom stereocenters. The normalized spacial score (nSPS) is 11.1. The number of rotatable bonds is 4. The molecule has 1 N–H and O–H groups in total. The van der Waals surface area contributed by atoms with Crippen LogP contribution in [-0.4, -0.2) is 14.7 Å². The number of halogens is 1. The van der Waals surface area contributed by atoms with Crippen molar-refractivity contribution < 1.29 is 9.50 Å². The molecule has 0 fully saturated rings. The second kappa shape index (κ2) is 7.27. The van der Waals surface area contributed by atoms with E-state index in [4.69, 9.17) is 0 Å². The van der Waals surface area contributed by atoms with E-state index >= 15 is 0 Å². The maximum Gasteiger partial charge on any atom is 0.261 e. The van der Waals surface area contributed by atoms with Crippen LogP contribution < -0.4 is 5.56 Å². The number of aromatic hydroxyl groups is 1. The van der Waals surface area contributed by atoms with Crippen molar-refractivity contribution in [3.05, 3.63) is 94.0 Å². The van der Waals surface area contributed by atoms with Gasteiger partial charge in [-0.15, -0.1) is 0 Å². The van der Waals surface area contributed by atoms with Crippen LogP contribution >= 0.6 is 0 Å². The lowest BCUT2D eigenvalue weighted by Gasteiger charge is -2.15. The van der Waals surface area contributed by atoms with Crippen molar-refractivity contribution >= 4 is 10.9 Å². The Hall–Kier alpha value is -3.47. The third kappa shape index (κ3) is 3.27. The van der Waals surface area contributed by atoms with Gasteiger partial charge in [-0.3, -0.25) is 9.36 Å². The topological polar surface area (TPSA) is 55.1 Å². The van der Waals surface area contributed by atoms with Crippen molar-refractivity contribution in [2.24, 2.45) is 0 Å². The number of benzene rings is 3. The third-order valence-electron chi connectivity index (χ3n) is 4.82. The Balaban J connectivity index is 1.90. The van der Waals surface area contributed by atoms with Crippen LogP contribution in [0.25, 0.3) is 22.3 Å². The molecule has 4 rings (SSSR count). The monoisotopic (exact) mass is 374 g/mol. The molecule has 1 aromatic heterocycles. The summed E-state index contributed by atoms with van der Waals surface area (Å²) >= 11 is 0. The molecule has 0 atom stereocenters. The zero-order chi connectivity index (χ0) is 19.7. The summed E-state index contributed by atoms with van der Waals surface area (Å²) in [4.78, 5) is 17.9. The van der Waals surface area contributed by atoms with Crippen molar-refractivity contribution in [1.29, 1.82) is 0 Å². The van der Waals surface area contributed by atoms with E-state index in [0.29, 0.717) is 34.3 Å². The Bertz CT molecular complexity index is 1230. The minimum absolute atomic E-state index is 0.0421. The maximum absolute atomic E-state index is 14.0. The lowest BCUT2D eigenvalue weighted by atomic mass is 10.1. The van der Waals surface area contributed by atoms with Gasteiger partial charge in [-0.25, -0.2) is 9.37 Å². The Labute approximate surface area is 161 Å². The minimum atomic E-state index is -0.302. The molecule has 0 aliphatic heterocycles. The SMILES string of the molecule is Cc1ccc2nc(-c3ccccc3O)n(CCc3ccccc3F)c(=O)c2c1. The van der Waals surface area contributed by atoms with Gasteiger partial charge < -0.3 is 5.11 Å². The second-order valence-electron chi connectivity index (χ2n) is 6.77. The van der Waals surface area contributed by atoms with Crippen LogP contribution in [-0.2, 0) is 13.0 Å². The maximum atomic E-state index is 14.0. The van der Waals surface area contributed by atoms with Gasteiger partial charge in [-0.2, -0.15) is 0 Å². The fourth-order valence-corrected chi connectivity index (χ4v) is 3.34. The average molecular weight is 374 g/mol. The van der Waals surface area contributed by atoms with Crippen LogP contribution in [0.15, 0.2) is 71.5 Å². The molecule has 0 amide bonds. The molecule has 4 nitrogen and oxygen atoms in total. The fraction of sp³-hybridized carbons (Fsp3) is 0.130. The van der Waals surface area contributed by atoms with Crippen molar-refractivity contribution in [3.63, 3.8) is 0 Å². The third-order valence-corrected chi connectivity index (χ3v) is 4.82. The molecule has 0 saturated heterocycles. The number of aryl methyl sites for hydroxylation is 2. The molecular weight excluding hydrogens is 355 g/mol. The van der Waals surface area contributed by atoms with E-state index in [0.717, 1.165) is 5.56 Å². The van der Waals surface area contributed by atoms with Gasteiger partial charge in [0.05, 0.1) is 16.5 Å². The number of hydrogen-bond acceptors (Lipinski definition) is 3. The summed E-state index contributed by atoms with van der Waals surface area (Å²) in [7, 11) is 0. The van der Waals surface area contributed by atoms with Gasteiger partial charge in [0.2, 0.25) is 0 Å². The van der Waals surface area contributed by atoms with E-state index in [9.17, 15) is 14.3 Å². The summed E-state index contributed by atoms with van der Waals surface area (Å²) in [6.07, 6.45) is 0.339. The highest BCUT2D eigenvalue weighted by Crippen LogP contribution is 2.28. The molecule has 0 spiro atoms. The Morgan fingerprint density at radius 2 is 1.79 bits per heavy atom. The molecule has 0 aliphatic carbocycles. The highest BCUT2D eigenvalue weighted by molar-refractivity contribution is 5.81. The van der Waals surface area contributed by atoms with E-state index in [-0.39, 0.29) is 23.7 Å². The van der Waals surface area contributed by atoms with Crippen molar-refractivity contribution in [2.45, 2.75) is 19.9 Å². The van der Waals surface area contributed by atoms with Crippen molar-refractivity contribution in [2.75, 3.05) is 0 Å². The van der Waals surface area contributed by atoms with Crippen molar-refractivity contribution in [3.8, 4) is 17.1 Å². The first-order valence-corrected chi connectivity index (χ1v) is 9.07. The number of hydrogen-bond donors (Lipinski definition) is 1. The number of aromatic nitrogens is 2. The first-order valence-electron chi connectivity index (χ1n) is 9.07. The molecule has 5 heteroatoms.